The number of hydrogen-bond donors (Lipinski definition) is 0. The lowest BCUT2D eigenvalue weighted by Crippen LogP contribution is -3.00. The summed E-state index contributed by atoms with van der Waals surface area (Å²) in [5, 5.41) is 0.589. The molecule has 11 heteroatoms. The third-order valence-electron chi connectivity index (χ3n) is 8.24. The molecule has 48 heavy (non-hydrogen) atoms. The number of ketones is 1. The van der Waals surface area contributed by atoms with E-state index in [1.807, 2.05) is 65.6 Å². The molecule has 0 bridgehead atoms. The number of nitrogens with zero attached hydrogens (tertiary/aromatic N) is 4. The molecule has 6 aromatic rings. The van der Waals surface area contributed by atoms with Crippen LogP contribution in [0, 0.1) is 5.82 Å². The average Bonchev–Trinajstić information content (AvgIpc) is 3.81. The minimum absolute atomic E-state index is 0. The minimum Gasteiger partial charge on any atom is -1.00 e. The molecule has 1 aliphatic heterocycles. The summed E-state index contributed by atoms with van der Waals surface area (Å²) in [6, 6.07) is 26.1. The molecular weight excluding hydrogens is 651 g/mol. The van der Waals surface area contributed by atoms with Crippen LogP contribution in [0.5, 0.6) is 0 Å². The van der Waals surface area contributed by atoms with Crippen LogP contribution < -0.4 is 17.0 Å². The Hall–Kier alpha value is -5.19. The highest BCUT2D eigenvalue weighted by Crippen LogP contribution is 2.42. The normalized spacial score (nSPS) is 13.5. The van der Waals surface area contributed by atoms with Crippen LogP contribution >= 0.6 is 11.8 Å². The number of fused-ring (bicyclic) bond motifs is 2. The molecule has 0 radical (unpaired) electrons. The maximum Gasteiger partial charge on any atom is 0.342 e. The highest BCUT2D eigenvalue weighted by Gasteiger charge is 2.31. The van der Waals surface area contributed by atoms with E-state index < -0.39 is 5.97 Å². The fourth-order valence-electron chi connectivity index (χ4n) is 5.86. The van der Waals surface area contributed by atoms with Gasteiger partial charge in [0.2, 0.25) is 0 Å². The zero-order valence-electron chi connectivity index (χ0n) is 26.0. The number of pyridine rings is 1. The second-order valence-electron chi connectivity index (χ2n) is 11.5. The van der Waals surface area contributed by atoms with Crippen LogP contribution in [-0.4, -0.2) is 45.9 Å². The summed E-state index contributed by atoms with van der Waals surface area (Å²) in [4.78, 5) is 41.3. The molecule has 0 saturated heterocycles. The molecule has 1 aliphatic rings. The van der Waals surface area contributed by atoms with Gasteiger partial charge in [-0.25, -0.2) is 14.0 Å². The fraction of sp³-hybridized carbons (Fsp3) is 0.135. The van der Waals surface area contributed by atoms with Gasteiger partial charge in [0.15, 0.2) is 18.2 Å². The maximum absolute atomic E-state index is 14.2. The molecule has 3 aromatic carbocycles. The molecule has 0 N–H and O–H groups in total. The number of rotatable bonds is 7. The Morgan fingerprint density at radius 2 is 1.69 bits per heavy atom. The summed E-state index contributed by atoms with van der Waals surface area (Å²) in [6.07, 6.45) is 7.34. The number of hydrogen-bond acceptors (Lipinski definition) is 5. The van der Waals surface area contributed by atoms with E-state index in [-0.39, 0.29) is 42.1 Å². The number of benzene rings is 3. The minimum atomic E-state index is -0.394. The molecule has 8 nitrogen and oxygen atoms in total. The Morgan fingerprint density at radius 3 is 2.44 bits per heavy atom. The quantitative estimate of drug-likeness (QED) is 0.145. The Bertz CT molecular complexity index is 2160. The SMILES string of the molecule is CN(C)C(=O)n1cc(C(=O)c2ccn3c2CS[C@@H]3c2ccc[n+](COC(=O)c3ccccc3)c2)c2ccc(-c3ccc(F)cc3)cc21.[Cl-]. The van der Waals surface area contributed by atoms with Crippen molar-refractivity contribution in [2.24, 2.45) is 0 Å². The first-order valence-electron chi connectivity index (χ1n) is 15.0. The summed E-state index contributed by atoms with van der Waals surface area (Å²) >= 11 is 1.70. The van der Waals surface area contributed by atoms with Crippen molar-refractivity contribution in [2.45, 2.75) is 17.9 Å². The van der Waals surface area contributed by atoms with E-state index in [0.717, 1.165) is 22.4 Å². The smallest absolute Gasteiger partial charge is 0.342 e. The van der Waals surface area contributed by atoms with Crippen molar-refractivity contribution < 1.29 is 40.5 Å². The molecule has 1 atom stereocenters. The summed E-state index contributed by atoms with van der Waals surface area (Å²) in [5.41, 5.74) is 5.62. The van der Waals surface area contributed by atoms with Crippen LogP contribution in [0.1, 0.15) is 42.9 Å². The van der Waals surface area contributed by atoms with Gasteiger partial charge in [0.05, 0.1) is 11.1 Å². The van der Waals surface area contributed by atoms with Crippen molar-refractivity contribution in [1.29, 1.82) is 0 Å². The third-order valence-corrected chi connectivity index (χ3v) is 9.49. The molecule has 1 amide bonds. The van der Waals surface area contributed by atoms with E-state index in [2.05, 4.69) is 4.57 Å². The first kappa shape index (κ1) is 32.7. The lowest BCUT2D eigenvalue weighted by atomic mass is 10.00. The predicted molar refractivity (Wildman–Crippen MR) is 178 cm³/mol. The lowest BCUT2D eigenvalue weighted by Gasteiger charge is -2.12. The third kappa shape index (κ3) is 6.12. The van der Waals surface area contributed by atoms with Crippen molar-refractivity contribution in [3.8, 4) is 11.1 Å². The summed E-state index contributed by atoms with van der Waals surface area (Å²) < 4.78 is 24.5. The average molecular weight is 681 g/mol. The van der Waals surface area contributed by atoms with E-state index in [1.165, 1.54) is 21.6 Å². The van der Waals surface area contributed by atoms with Crippen LogP contribution in [0.25, 0.3) is 22.0 Å². The Labute approximate surface area is 286 Å². The summed E-state index contributed by atoms with van der Waals surface area (Å²) in [6.45, 7) is 0.0693. The molecule has 0 unspecified atom stereocenters. The van der Waals surface area contributed by atoms with Crippen molar-refractivity contribution >= 4 is 40.4 Å². The van der Waals surface area contributed by atoms with Gasteiger partial charge in [0.25, 0.3) is 6.73 Å². The first-order valence-corrected chi connectivity index (χ1v) is 16.0. The molecule has 0 aliphatic carbocycles. The number of esters is 1. The van der Waals surface area contributed by atoms with Crippen molar-refractivity contribution in [3.05, 3.63) is 150 Å². The van der Waals surface area contributed by atoms with E-state index in [9.17, 15) is 18.8 Å². The predicted octanol–water partition coefficient (Wildman–Crippen LogP) is 3.91. The fourth-order valence-corrected chi connectivity index (χ4v) is 7.17. The van der Waals surface area contributed by atoms with Crippen LogP contribution in [0.4, 0.5) is 9.18 Å². The molecule has 242 valence electrons. The highest BCUT2D eigenvalue weighted by atomic mass is 35.5. The summed E-state index contributed by atoms with van der Waals surface area (Å²) in [5.74, 6) is -0.262. The topological polar surface area (TPSA) is 77.4 Å². The number of amides is 1. The van der Waals surface area contributed by atoms with E-state index >= 15 is 0 Å². The van der Waals surface area contributed by atoms with Gasteiger partial charge in [0.1, 0.15) is 11.2 Å². The van der Waals surface area contributed by atoms with Gasteiger partial charge in [-0.15, -0.1) is 11.8 Å². The van der Waals surface area contributed by atoms with E-state index in [0.29, 0.717) is 33.3 Å². The molecular formula is C37H30ClFN4O4S. The van der Waals surface area contributed by atoms with Crippen molar-refractivity contribution in [1.82, 2.24) is 14.0 Å². The Morgan fingerprint density at radius 1 is 0.938 bits per heavy atom. The number of aromatic nitrogens is 3. The van der Waals surface area contributed by atoms with Gasteiger partial charge in [-0.3, -0.25) is 9.36 Å². The maximum atomic E-state index is 14.2. The van der Waals surface area contributed by atoms with Crippen LogP contribution in [0.15, 0.2) is 116 Å². The number of ether oxygens (including phenoxy) is 1. The van der Waals surface area contributed by atoms with Crippen molar-refractivity contribution in [3.63, 3.8) is 0 Å². The van der Waals surface area contributed by atoms with E-state index in [1.54, 1.807) is 68.5 Å². The Kier molecular flexibility index (Phi) is 9.21. The molecule has 7 rings (SSSR count). The van der Waals surface area contributed by atoms with Gasteiger partial charge < -0.3 is 26.6 Å². The van der Waals surface area contributed by atoms with Crippen LogP contribution in [0.3, 0.4) is 0 Å². The number of thioether (sulfide) groups is 1. The monoisotopic (exact) mass is 680 g/mol. The first-order chi connectivity index (χ1) is 22.8. The van der Waals surface area contributed by atoms with Gasteiger partial charge >= 0.3 is 12.0 Å². The van der Waals surface area contributed by atoms with Crippen LogP contribution in [-0.2, 0) is 17.2 Å². The zero-order valence-corrected chi connectivity index (χ0v) is 27.6. The highest BCUT2D eigenvalue weighted by molar-refractivity contribution is 7.99. The van der Waals surface area contributed by atoms with Gasteiger partial charge in [-0.1, -0.05) is 42.5 Å². The molecule has 0 saturated carbocycles. The molecule has 0 fully saturated rings. The largest absolute Gasteiger partial charge is 1.00 e. The molecule has 3 aromatic heterocycles. The standard InChI is InChI=1S/C37H30FN4O4S.ClH/c1-39(2)37(45)42-21-31(29-15-12-26(19-32(29)42)24-10-13-28(38)14-11-24)34(43)30-16-18-41-33(30)22-47-35(41)27-9-6-17-40(20-27)23-46-36(44)25-7-4-3-5-8-25;/h3-21,35H,22-23H2,1-2H3;1H/q+1;/p-1/t35-;/m1./s1. The van der Waals surface area contributed by atoms with Crippen LogP contribution in [0.2, 0.25) is 0 Å². The van der Waals surface area contributed by atoms with Gasteiger partial charge in [-0.2, -0.15) is 4.57 Å². The second-order valence-corrected chi connectivity index (χ2v) is 12.6. The van der Waals surface area contributed by atoms with Gasteiger partial charge in [0, 0.05) is 66.1 Å². The zero-order chi connectivity index (χ0) is 32.7. The molecule has 4 heterocycles. The Balaban J connectivity index is 0.00000401. The van der Waals surface area contributed by atoms with Gasteiger partial charge in [-0.05, 0) is 53.6 Å². The number of halogens is 2. The number of carbonyl (C=O) groups excluding carboxylic acids is 3. The summed E-state index contributed by atoms with van der Waals surface area (Å²) in [7, 11) is 3.33. The molecule has 0 spiro atoms. The lowest BCUT2D eigenvalue weighted by molar-refractivity contribution is -0.727. The van der Waals surface area contributed by atoms with E-state index in [4.69, 9.17) is 4.74 Å². The number of carbonyl (C=O) groups is 3. The van der Waals surface area contributed by atoms with Crippen molar-refractivity contribution in [2.75, 3.05) is 14.1 Å². The second kappa shape index (κ2) is 13.5.